The van der Waals surface area contributed by atoms with Crippen molar-refractivity contribution in [2.75, 3.05) is 26.2 Å². The zero-order valence-electron chi connectivity index (χ0n) is 13.7. The van der Waals surface area contributed by atoms with E-state index in [1.54, 1.807) is 0 Å². The summed E-state index contributed by atoms with van der Waals surface area (Å²) in [5.41, 5.74) is -0.0322. The van der Waals surface area contributed by atoms with Crippen LogP contribution in [0.1, 0.15) is 65.7 Å². The highest BCUT2D eigenvalue weighted by molar-refractivity contribution is 4.91. The van der Waals surface area contributed by atoms with Gasteiger partial charge >= 0.3 is 0 Å². The van der Waals surface area contributed by atoms with Crippen molar-refractivity contribution >= 4 is 0 Å². The van der Waals surface area contributed by atoms with Gasteiger partial charge in [-0.15, -0.1) is 0 Å². The maximum Gasteiger partial charge on any atom is 0.0746 e. The molecule has 1 aliphatic carbocycles. The predicted octanol–water partition coefficient (Wildman–Crippen LogP) is 2.78. The Morgan fingerprint density at radius 3 is 2.40 bits per heavy atom. The first-order valence-electron chi connectivity index (χ1n) is 8.59. The number of rotatable bonds is 5. The lowest BCUT2D eigenvalue weighted by atomic mass is 9.73. The molecule has 118 valence electrons. The third kappa shape index (κ3) is 4.71. The minimum atomic E-state index is -0.473. The van der Waals surface area contributed by atoms with Crippen LogP contribution < -0.4 is 5.32 Å². The largest absolute Gasteiger partial charge is 0.389 e. The molecule has 0 aromatic carbocycles. The van der Waals surface area contributed by atoms with E-state index >= 15 is 0 Å². The molecule has 0 aromatic heterocycles. The summed E-state index contributed by atoms with van der Waals surface area (Å²) in [6, 6.07) is 0.568. The van der Waals surface area contributed by atoms with E-state index in [0.29, 0.717) is 11.5 Å². The molecule has 0 spiro atoms. The topological polar surface area (TPSA) is 35.5 Å². The summed E-state index contributed by atoms with van der Waals surface area (Å²) < 4.78 is 0. The van der Waals surface area contributed by atoms with Gasteiger partial charge in [-0.1, -0.05) is 33.1 Å². The van der Waals surface area contributed by atoms with Crippen molar-refractivity contribution in [2.45, 2.75) is 77.4 Å². The van der Waals surface area contributed by atoms with Gasteiger partial charge in [0, 0.05) is 25.7 Å². The monoisotopic (exact) mass is 282 g/mol. The Balaban J connectivity index is 1.96. The zero-order chi connectivity index (χ0) is 14.6. The normalized spacial score (nSPS) is 31.6. The third-order valence-electron chi connectivity index (χ3n) is 5.11. The number of β-amino-alcohol motifs (C(OH)–C–C–N with tert-alkyl or cyclic N) is 1. The van der Waals surface area contributed by atoms with Gasteiger partial charge in [-0.25, -0.2) is 0 Å². The molecule has 3 nitrogen and oxygen atoms in total. The highest BCUT2D eigenvalue weighted by Gasteiger charge is 2.37. The average Bonchev–Trinajstić information content (AvgIpc) is 2.36. The maximum atomic E-state index is 10.3. The minimum Gasteiger partial charge on any atom is -0.389 e. The second-order valence-electron chi connectivity index (χ2n) is 7.91. The standard InChI is InChI=1S/C17H34N2O/c1-15(2)18-12-17(9-5-4-6-10-17)14-19-11-7-8-16(3,20)13-19/h15,18,20H,4-14H2,1-3H3. The number of aliphatic hydroxyl groups is 1. The number of nitrogens with one attached hydrogen (secondary N) is 1. The van der Waals surface area contributed by atoms with Gasteiger partial charge in [0.05, 0.1) is 5.60 Å². The van der Waals surface area contributed by atoms with Gasteiger partial charge in [0.15, 0.2) is 0 Å². The van der Waals surface area contributed by atoms with Crippen molar-refractivity contribution < 1.29 is 5.11 Å². The molecule has 2 fully saturated rings. The molecule has 2 aliphatic rings. The van der Waals surface area contributed by atoms with Gasteiger partial charge in [0.1, 0.15) is 0 Å². The molecule has 0 radical (unpaired) electrons. The first-order chi connectivity index (χ1) is 9.41. The van der Waals surface area contributed by atoms with Crippen LogP contribution in [0.15, 0.2) is 0 Å². The fourth-order valence-corrected chi connectivity index (χ4v) is 4.05. The van der Waals surface area contributed by atoms with Crippen molar-refractivity contribution in [1.29, 1.82) is 0 Å². The predicted molar refractivity (Wildman–Crippen MR) is 85.0 cm³/mol. The number of hydrogen-bond donors (Lipinski definition) is 2. The Labute approximate surface area is 125 Å². The third-order valence-corrected chi connectivity index (χ3v) is 5.11. The van der Waals surface area contributed by atoms with Crippen molar-refractivity contribution in [3.8, 4) is 0 Å². The number of nitrogens with zero attached hydrogens (tertiary/aromatic N) is 1. The van der Waals surface area contributed by atoms with E-state index in [-0.39, 0.29) is 0 Å². The van der Waals surface area contributed by atoms with Crippen LogP contribution in [-0.4, -0.2) is 47.8 Å². The Bertz CT molecular complexity index is 295. The lowest BCUT2D eigenvalue weighted by Gasteiger charge is -2.45. The second-order valence-corrected chi connectivity index (χ2v) is 7.91. The molecule has 1 aliphatic heterocycles. The van der Waals surface area contributed by atoms with Gasteiger partial charge in [0.2, 0.25) is 0 Å². The van der Waals surface area contributed by atoms with E-state index < -0.39 is 5.60 Å². The molecule has 1 heterocycles. The van der Waals surface area contributed by atoms with Gasteiger partial charge in [0.25, 0.3) is 0 Å². The lowest BCUT2D eigenvalue weighted by Crippen LogP contribution is -2.52. The quantitative estimate of drug-likeness (QED) is 0.814. The van der Waals surface area contributed by atoms with E-state index in [2.05, 4.69) is 24.1 Å². The Hall–Kier alpha value is -0.120. The Morgan fingerprint density at radius 1 is 1.10 bits per heavy atom. The number of likely N-dealkylation sites (tertiary alicyclic amines) is 1. The zero-order valence-corrected chi connectivity index (χ0v) is 13.7. The smallest absolute Gasteiger partial charge is 0.0746 e. The van der Waals surface area contributed by atoms with Gasteiger partial charge in [-0.2, -0.15) is 0 Å². The highest BCUT2D eigenvalue weighted by atomic mass is 16.3. The highest BCUT2D eigenvalue weighted by Crippen LogP contribution is 2.37. The summed E-state index contributed by atoms with van der Waals surface area (Å²) in [4.78, 5) is 2.52. The van der Waals surface area contributed by atoms with Crippen LogP contribution in [0.5, 0.6) is 0 Å². The van der Waals surface area contributed by atoms with Gasteiger partial charge in [-0.05, 0) is 44.6 Å². The van der Waals surface area contributed by atoms with E-state index in [0.717, 1.165) is 25.9 Å². The van der Waals surface area contributed by atoms with Crippen LogP contribution in [-0.2, 0) is 0 Å². The molecule has 2 N–H and O–H groups in total. The summed E-state index contributed by atoms with van der Waals surface area (Å²) in [5.74, 6) is 0. The van der Waals surface area contributed by atoms with Crippen LogP contribution in [0.3, 0.4) is 0 Å². The lowest BCUT2D eigenvalue weighted by molar-refractivity contribution is -0.0331. The van der Waals surface area contributed by atoms with Crippen molar-refractivity contribution in [1.82, 2.24) is 10.2 Å². The molecule has 1 saturated carbocycles. The molecule has 1 atom stereocenters. The van der Waals surface area contributed by atoms with Crippen LogP contribution in [0.2, 0.25) is 0 Å². The van der Waals surface area contributed by atoms with Gasteiger partial charge in [-0.3, -0.25) is 4.90 Å². The van der Waals surface area contributed by atoms with Gasteiger partial charge < -0.3 is 10.4 Å². The fourth-order valence-electron chi connectivity index (χ4n) is 4.05. The Morgan fingerprint density at radius 2 is 1.80 bits per heavy atom. The minimum absolute atomic E-state index is 0.440. The van der Waals surface area contributed by atoms with Crippen LogP contribution in [0, 0.1) is 5.41 Å². The molecule has 1 saturated heterocycles. The molecular weight excluding hydrogens is 248 g/mol. The first-order valence-corrected chi connectivity index (χ1v) is 8.59. The van der Waals surface area contributed by atoms with E-state index in [1.165, 1.54) is 45.2 Å². The van der Waals surface area contributed by atoms with E-state index in [1.807, 2.05) is 6.92 Å². The van der Waals surface area contributed by atoms with E-state index in [4.69, 9.17) is 0 Å². The molecule has 0 aromatic rings. The van der Waals surface area contributed by atoms with Crippen LogP contribution in [0.4, 0.5) is 0 Å². The number of hydrogen-bond acceptors (Lipinski definition) is 3. The molecule has 3 heteroatoms. The first kappa shape index (κ1) is 16.3. The second kappa shape index (κ2) is 6.76. The molecular formula is C17H34N2O. The molecule has 1 unspecified atom stereocenters. The molecule has 20 heavy (non-hydrogen) atoms. The number of piperidine rings is 1. The van der Waals surface area contributed by atoms with Crippen molar-refractivity contribution in [3.63, 3.8) is 0 Å². The maximum absolute atomic E-state index is 10.3. The molecule has 0 bridgehead atoms. The van der Waals surface area contributed by atoms with Crippen molar-refractivity contribution in [3.05, 3.63) is 0 Å². The van der Waals surface area contributed by atoms with Crippen LogP contribution in [0.25, 0.3) is 0 Å². The summed E-state index contributed by atoms with van der Waals surface area (Å²) in [6.07, 6.45) is 8.97. The van der Waals surface area contributed by atoms with Crippen LogP contribution >= 0.6 is 0 Å². The summed E-state index contributed by atoms with van der Waals surface area (Å²) in [5, 5.41) is 14.0. The van der Waals surface area contributed by atoms with E-state index in [9.17, 15) is 5.11 Å². The SMILES string of the molecule is CC(C)NCC1(CN2CCCC(C)(O)C2)CCCCC1. The fraction of sp³-hybridized carbons (Fsp3) is 1.00. The van der Waals surface area contributed by atoms with Crippen molar-refractivity contribution in [2.24, 2.45) is 5.41 Å². The average molecular weight is 282 g/mol. The summed E-state index contributed by atoms with van der Waals surface area (Å²) >= 11 is 0. The summed E-state index contributed by atoms with van der Waals surface area (Å²) in [6.45, 7) is 10.8. The molecule has 2 rings (SSSR count). The summed E-state index contributed by atoms with van der Waals surface area (Å²) in [7, 11) is 0. The Kier molecular flexibility index (Phi) is 5.49. The molecule has 0 amide bonds.